The van der Waals surface area contributed by atoms with E-state index in [0.29, 0.717) is 17.2 Å². The van der Waals surface area contributed by atoms with Gasteiger partial charge >= 0.3 is 5.69 Å². The third-order valence-electron chi connectivity index (χ3n) is 9.94. The van der Waals surface area contributed by atoms with Gasteiger partial charge in [-0.15, -0.1) is 0 Å². The molecule has 0 amide bonds. The molecule has 1 aliphatic heterocycles. The number of para-hydroxylation sites is 1. The highest BCUT2D eigenvalue weighted by molar-refractivity contribution is 7.44. The molecule has 1 N–H and O–H groups in total. The van der Waals surface area contributed by atoms with Gasteiger partial charge in [0.15, 0.2) is 12.3 Å². The molecule has 310 valence electrons. The lowest BCUT2D eigenvalue weighted by molar-refractivity contribution is -0.0941. The Labute approximate surface area is 346 Å². The third kappa shape index (κ3) is 9.94. The molecule has 1 unspecified atom stereocenters. The highest BCUT2D eigenvalue weighted by Crippen LogP contribution is 2.51. The van der Waals surface area contributed by atoms with Gasteiger partial charge in [-0.05, 0) is 80.8 Å². The van der Waals surface area contributed by atoms with Crippen LogP contribution in [0.5, 0.6) is 17.2 Å². The molecule has 2 heterocycles. The Kier molecular flexibility index (Phi) is 14.7. The molecule has 1 fully saturated rings. The number of nitriles is 1. The van der Waals surface area contributed by atoms with Crippen LogP contribution in [0.15, 0.2) is 131 Å². The summed E-state index contributed by atoms with van der Waals surface area (Å²) in [6.45, 7) is 8.26. The van der Waals surface area contributed by atoms with Crippen molar-refractivity contribution in [1.82, 2.24) is 14.2 Å². The van der Waals surface area contributed by atoms with Crippen molar-refractivity contribution in [2.75, 3.05) is 27.4 Å². The summed E-state index contributed by atoms with van der Waals surface area (Å²) in [7, 11) is 1.40. The molecule has 0 bridgehead atoms. The van der Waals surface area contributed by atoms with Crippen molar-refractivity contribution < 1.29 is 32.7 Å². The van der Waals surface area contributed by atoms with Crippen LogP contribution in [0.25, 0.3) is 0 Å². The van der Waals surface area contributed by atoms with Crippen LogP contribution < -0.4 is 25.5 Å². The normalized spacial score (nSPS) is 18.5. The van der Waals surface area contributed by atoms with E-state index in [9.17, 15) is 14.9 Å². The van der Waals surface area contributed by atoms with Crippen molar-refractivity contribution in [3.05, 3.63) is 159 Å². The predicted octanol–water partition coefficient (Wildman–Crippen LogP) is 7.57. The quantitative estimate of drug-likeness (QED) is 0.0500. The number of nitrogens with zero attached hydrogens (tertiary/aromatic N) is 3. The number of methoxy groups -OCH3 is 2. The van der Waals surface area contributed by atoms with E-state index in [2.05, 4.69) is 43.4 Å². The number of ether oxygens (including phenoxy) is 5. The van der Waals surface area contributed by atoms with Gasteiger partial charge in [0.25, 0.3) is 14.1 Å². The fourth-order valence-electron chi connectivity index (χ4n) is 7.28. The van der Waals surface area contributed by atoms with Crippen LogP contribution in [0.4, 0.5) is 0 Å². The van der Waals surface area contributed by atoms with Gasteiger partial charge in [0, 0.05) is 24.3 Å². The predicted molar refractivity (Wildman–Crippen MR) is 224 cm³/mol. The van der Waals surface area contributed by atoms with Crippen molar-refractivity contribution in [3.8, 4) is 23.3 Å². The number of nitrogens with one attached hydrogen (secondary N) is 1. The number of hydrogen-bond donors (Lipinski definition) is 1. The maximum absolute atomic E-state index is 13.5. The zero-order valence-electron chi connectivity index (χ0n) is 34.1. The lowest BCUT2D eigenvalue weighted by atomic mass is 9.80. The molecule has 5 aromatic rings. The Morgan fingerprint density at radius 1 is 0.780 bits per heavy atom. The molecule has 5 atom stereocenters. The van der Waals surface area contributed by atoms with E-state index >= 15 is 0 Å². The first kappa shape index (κ1) is 43.3. The molecule has 1 saturated heterocycles. The zero-order chi connectivity index (χ0) is 41.9. The average Bonchev–Trinajstić information content (AvgIpc) is 3.57. The Bertz CT molecular complexity index is 2170. The third-order valence-corrected chi connectivity index (χ3v) is 12.1. The second kappa shape index (κ2) is 20.1. The minimum absolute atomic E-state index is 0.0119. The van der Waals surface area contributed by atoms with E-state index in [4.69, 9.17) is 32.7 Å². The Balaban J connectivity index is 1.52. The number of benzene rings is 4. The minimum Gasteiger partial charge on any atom is -0.497 e. The largest absolute Gasteiger partial charge is 0.497 e. The van der Waals surface area contributed by atoms with Gasteiger partial charge in [-0.25, -0.2) is 9.46 Å². The molecule has 0 radical (unpaired) electrons. The lowest BCUT2D eigenvalue weighted by Crippen LogP contribution is -2.44. The first-order chi connectivity index (χ1) is 28.6. The Morgan fingerprint density at radius 2 is 1.34 bits per heavy atom. The molecule has 6 rings (SSSR count). The van der Waals surface area contributed by atoms with Gasteiger partial charge in [0.05, 0.1) is 39.9 Å². The van der Waals surface area contributed by atoms with Crippen molar-refractivity contribution in [2.24, 2.45) is 0 Å². The summed E-state index contributed by atoms with van der Waals surface area (Å²) < 4.78 is 49.0. The lowest BCUT2D eigenvalue weighted by Gasteiger charge is -2.39. The smallest absolute Gasteiger partial charge is 0.330 e. The van der Waals surface area contributed by atoms with E-state index in [-0.39, 0.29) is 31.7 Å². The Morgan fingerprint density at radius 3 is 1.86 bits per heavy atom. The summed E-state index contributed by atoms with van der Waals surface area (Å²) in [5.74, 6) is 1.86. The van der Waals surface area contributed by atoms with Gasteiger partial charge in [-0.2, -0.15) is 5.26 Å². The van der Waals surface area contributed by atoms with Gasteiger partial charge in [0.2, 0.25) is 0 Å². The maximum Gasteiger partial charge on any atom is 0.330 e. The molecule has 14 heteroatoms. The van der Waals surface area contributed by atoms with Crippen LogP contribution in [0.1, 0.15) is 57.0 Å². The number of H-pyrrole nitrogens is 1. The summed E-state index contributed by atoms with van der Waals surface area (Å²) in [6.07, 6.45) is -2.33. The van der Waals surface area contributed by atoms with Gasteiger partial charge in [-0.1, -0.05) is 72.8 Å². The highest BCUT2D eigenvalue weighted by atomic mass is 31.2. The van der Waals surface area contributed by atoms with Crippen LogP contribution in [-0.2, 0) is 24.1 Å². The molecule has 0 aliphatic carbocycles. The number of aromatic nitrogens is 2. The minimum atomic E-state index is -1.84. The van der Waals surface area contributed by atoms with E-state index < -0.39 is 49.9 Å². The first-order valence-corrected chi connectivity index (χ1v) is 20.6. The second-order valence-electron chi connectivity index (χ2n) is 14.4. The van der Waals surface area contributed by atoms with E-state index in [0.717, 1.165) is 16.7 Å². The van der Waals surface area contributed by atoms with Crippen LogP contribution in [0.3, 0.4) is 0 Å². The topological polar surface area (TPSA) is 147 Å². The fourth-order valence-corrected chi connectivity index (χ4v) is 9.05. The first-order valence-electron chi connectivity index (χ1n) is 19.5. The SMILES string of the molecule is COc1ccc(C(OC[C@H]2O[C@@H](n3ccc(=O)[nH]c3=O)[C@H](Oc3ccccc3)[C@@H]2OP(OCCC#N)N(C(C)C)C(C)C)(c2ccccc2)c2ccc(OC)cc2)cc1. The monoisotopic (exact) mass is 822 g/mol. The molecular weight excluding hydrogens is 771 g/mol. The molecule has 0 saturated carbocycles. The van der Waals surface area contributed by atoms with Crippen LogP contribution in [0.2, 0.25) is 0 Å². The van der Waals surface area contributed by atoms with Crippen molar-refractivity contribution in [3.63, 3.8) is 0 Å². The standard InChI is InChI=1S/C45H51N4O9P/c1-31(2)49(32(3)4)59(55-29-13-27-46)58-41-39(57-43(48-28-26-40(50)47-44(48)51)42(41)56-38-16-11-8-12-17-38)30-54-45(33-14-9-7-10-15-33,34-18-22-36(52-5)23-19-34)35-20-24-37(53-6)25-21-35/h7-12,14-26,28,31-32,39,41-43H,13,29-30H2,1-6H3,(H,47,50,51)/t39-,41-,42-,43-,59?/m1/s1. The molecule has 1 aromatic heterocycles. The van der Waals surface area contributed by atoms with E-state index in [1.807, 2.05) is 109 Å². The maximum atomic E-state index is 13.5. The molecule has 0 spiro atoms. The molecule has 13 nitrogen and oxygen atoms in total. The van der Waals surface area contributed by atoms with Crippen molar-refractivity contribution in [1.29, 1.82) is 5.26 Å². The molecular formula is C45H51N4O9P. The molecule has 1 aliphatic rings. The average molecular weight is 823 g/mol. The molecule has 4 aromatic carbocycles. The molecule has 59 heavy (non-hydrogen) atoms. The van der Waals surface area contributed by atoms with Gasteiger partial charge < -0.3 is 32.7 Å². The van der Waals surface area contributed by atoms with E-state index in [1.54, 1.807) is 14.2 Å². The summed E-state index contributed by atoms with van der Waals surface area (Å²) in [5, 5.41) is 9.46. The summed E-state index contributed by atoms with van der Waals surface area (Å²) in [5.41, 5.74) is 0.00376. The van der Waals surface area contributed by atoms with Crippen molar-refractivity contribution >= 4 is 8.53 Å². The second-order valence-corrected chi connectivity index (χ2v) is 15.8. The number of aromatic amines is 1. The summed E-state index contributed by atoms with van der Waals surface area (Å²) >= 11 is 0. The fraction of sp³-hybridized carbons (Fsp3) is 0.356. The summed E-state index contributed by atoms with van der Waals surface area (Å²) in [4.78, 5) is 28.2. The zero-order valence-corrected chi connectivity index (χ0v) is 35.0. The number of hydrogen-bond acceptors (Lipinski definition) is 11. The van der Waals surface area contributed by atoms with Gasteiger partial charge in [-0.3, -0.25) is 14.3 Å². The summed E-state index contributed by atoms with van der Waals surface area (Å²) in [6, 6.07) is 37.9. The highest BCUT2D eigenvalue weighted by Gasteiger charge is 2.52. The van der Waals surface area contributed by atoms with Crippen LogP contribution in [0, 0.1) is 11.3 Å². The Hall–Kier alpha value is -5.32. The van der Waals surface area contributed by atoms with Gasteiger partial charge in [0.1, 0.15) is 35.1 Å². The number of rotatable bonds is 19. The van der Waals surface area contributed by atoms with Crippen LogP contribution in [-0.4, -0.2) is 72.1 Å². The van der Waals surface area contributed by atoms with Crippen LogP contribution >= 0.6 is 8.53 Å². The van der Waals surface area contributed by atoms with Crippen molar-refractivity contribution in [2.45, 2.75) is 76.3 Å². The van der Waals surface area contributed by atoms with E-state index in [1.165, 1.54) is 16.8 Å².